The van der Waals surface area contributed by atoms with Gasteiger partial charge in [-0.05, 0) is 29.8 Å². The summed E-state index contributed by atoms with van der Waals surface area (Å²) in [7, 11) is 0. The van der Waals surface area contributed by atoms with Gasteiger partial charge in [0.25, 0.3) is 0 Å². The number of para-hydroxylation sites is 1. The van der Waals surface area contributed by atoms with Gasteiger partial charge in [0, 0.05) is 0 Å². The number of nitrogens with one attached hydrogen (secondary N) is 1. The van der Waals surface area contributed by atoms with E-state index in [1.165, 1.54) is 18.2 Å². The number of benzene rings is 2. The normalized spacial score (nSPS) is 10.7. The van der Waals surface area contributed by atoms with Crippen LogP contribution in [0.4, 0.5) is 5.69 Å². The molecule has 1 aromatic heterocycles. The summed E-state index contributed by atoms with van der Waals surface area (Å²) in [5.41, 5.74) is 2.22. The van der Waals surface area contributed by atoms with Crippen molar-refractivity contribution in [1.82, 2.24) is 15.0 Å². The molecule has 0 bridgehead atoms. The van der Waals surface area contributed by atoms with E-state index in [0.717, 1.165) is 11.0 Å². The van der Waals surface area contributed by atoms with Crippen LogP contribution >= 0.6 is 11.6 Å². The molecule has 7 heteroatoms. The van der Waals surface area contributed by atoms with Crippen LogP contribution in [0, 0.1) is 0 Å². The summed E-state index contributed by atoms with van der Waals surface area (Å²) >= 11 is 6.04. The van der Waals surface area contributed by atoms with Gasteiger partial charge in [-0.3, -0.25) is 0 Å². The van der Waals surface area contributed by atoms with E-state index in [0.29, 0.717) is 17.4 Å². The predicted molar refractivity (Wildman–Crippen MR) is 76.9 cm³/mol. The Hall–Kier alpha value is -2.60. The van der Waals surface area contributed by atoms with Crippen molar-refractivity contribution in [2.75, 3.05) is 5.32 Å². The van der Waals surface area contributed by atoms with Gasteiger partial charge in [-0.2, -0.15) is 0 Å². The van der Waals surface area contributed by atoms with E-state index in [-0.39, 0.29) is 5.56 Å². The number of fused-ring (bicyclic) bond motifs is 1. The molecule has 106 valence electrons. The maximum atomic E-state index is 10.9. The third-order valence-electron chi connectivity index (χ3n) is 3.04. The largest absolute Gasteiger partial charge is 0.545 e. The molecule has 0 aliphatic rings. The second-order valence-electron chi connectivity index (χ2n) is 4.39. The van der Waals surface area contributed by atoms with Crippen LogP contribution in [0.25, 0.3) is 11.0 Å². The lowest BCUT2D eigenvalue weighted by Crippen LogP contribution is -2.22. The third-order valence-corrected chi connectivity index (χ3v) is 3.37. The van der Waals surface area contributed by atoms with Crippen molar-refractivity contribution in [3.63, 3.8) is 0 Å². The van der Waals surface area contributed by atoms with Gasteiger partial charge < -0.3 is 15.2 Å². The fraction of sp³-hybridized carbons (Fsp3) is 0.0714. The minimum Gasteiger partial charge on any atom is -0.545 e. The quantitative estimate of drug-likeness (QED) is 0.790. The number of aromatic nitrogens is 3. The summed E-state index contributed by atoms with van der Waals surface area (Å²) in [6.45, 7) is 0.316. The Morgan fingerprint density at radius 1 is 1.29 bits per heavy atom. The predicted octanol–water partition coefficient (Wildman–Crippen LogP) is 1.52. The summed E-state index contributed by atoms with van der Waals surface area (Å²) in [5, 5.41) is 22.4. The lowest BCUT2D eigenvalue weighted by atomic mass is 10.2. The molecular formula is C14H10ClN4O2-. The first-order valence-corrected chi connectivity index (χ1v) is 6.56. The first-order chi connectivity index (χ1) is 10.1. The lowest BCUT2D eigenvalue weighted by Gasteiger charge is -2.11. The summed E-state index contributed by atoms with van der Waals surface area (Å²) in [4.78, 5) is 10.9. The van der Waals surface area contributed by atoms with Crippen molar-refractivity contribution >= 4 is 34.3 Å². The van der Waals surface area contributed by atoms with Crippen LogP contribution < -0.4 is 10.4 Å². The molecule has 0 fully saturated rings. The van der Waals surface area contributed by atoms with Crippen LogP contribution in [0.3, 0.4) is 0 Å². The number of nitrogens with zero attached hydrogens (tertiary/aromatic N) is 3. The zero-order chi connectivity index (χ0) is 14.8. The molecule has 0 spiro atoms. The van der Waals surface area contributed by atoms with Crippen molar-refractivity contribution in [2.24, 2.45) is 0 Å². The Kier molecular flexibility index (Phi) is 3.45. The van der Waals surface area contributed by atoms with E-state index >= 15 is 0 Å². The molecule has 1 N–H and O–H groups in total. The molecule has 3 rings (SSSR count). The molecule has 1 heterocycles. The summed E-state index contributed by atoms with van der Waals surface area (Å²) in [6.07, 6.45) is 0. The van der Waals surface area contributed by atoms with Crippen molar-refractivity contribution in [3.05, 3.63) is 53.1 Å². The van der Waals surface area contributed by atoms with E-state index in [9.17, 15) is 9.90 Å². The van der Waals surface area contributed by atoms with E-state index in [1.54, 1.807) is 4.68 Å². The topological polar surface area (TPSA) is 82.9 Å². The highest BCUT2D eigenvalue weighted by molar-refractivity contribution is 6.33. The molecule has 0 saturated heterocycles. The number of carbonyl (C=O) groups is 1. The van der Waals surface area contributed by atoms with Crippen molar-refractivity contribution in [2.45, 2.75) is 6.67 Å². The number of halogens is 1. The molecule has 0 aliphatic carbocycles. The SMILES string of the molecule is O=C([O-])c1ccc(Cl)c(NCn2nnc3ccccc32)c1. The summed E-state index contributed by atoms with van der Waals surface area (Å²) in [5.74, 6) is -1.25. The maximum absolute atomic E-state index is 10.9. The van der Waals surface area contributed by atoms with Crippen LogP contribution in [0.5, 0.6) is 0 Å². The Labute approximate surface area is 125 Å². The average molecular weight is 302 g/mol. The molecule has 0 amide bonds. The molecular weight excluding hydrogens is 292 g/mol. The molecule has 0 aliphatic heterocycles. The summed E-state index contributed by atoms with van der Waals surface area (Å²) < 4.78 is 1.66. The first-order valence-electron chi connectivity index (χ1n) is 6.18. The van der Waals surface area contributed by atoms with Crippen LogP contribution in [-0.2, 0) is 6.67 Å². The molecule has 6 nitrogen and oxygen atoms in total. The van der Waals surface area contributed by atoms with Crippen molar-refractivity contribution in [1.29, 1.82) is 0 Å². The number of hydrogen-bond donors (Lipinski definition) is 1. The maximum Gasteiger partial charge on any atom is 0.113 e. The van der Waals surface area contributed by atoms with Crippen LogP contribution in [-0.4, -0.2) is 21.0 Å². The Balaban J connectivity index is 1.84. The molecule has 2 aromatic carbocycles. The first kappa shape index (κ1) is 13.4. The van der Waals surface area contributed by atoms with E-state index < -0.39 is 5.97 Å². The molecule has 0 saturated carbocycles. The van der Waals surface area contributed by atoms with Gasteiger partial charge in [-0.1, -0.05) is 35.0 Å². The van der Waals surface area contributed by atoms with Crippen molar-refractivity contribution in [3.8, 4) is 0 Å². The monoisotopic (exact) mass is 301 g/mol. The minimum atomic E-state index is -1.25. The Bertz CT molecular complexity index is 816. The zero-order valence-electron chi connectivity index (χ0n) is 10.8. The van der Waals surface area contributed by atoms with E-state index in [2.05, 4.69) is 15.6 Å². The van der Waals surface area contributed by atoms with Crippen molar-refractivity contribution < 1.29 is 9.90 Å². The smallest absolute Gasteiger partial charge is 0.113 e. The number of carbonyl (C=O) groups excluding carboxylic acids is 1. The highest BCUT2D eigenvalue weighted by Gasteiger charge is 2.05. The van der Waals surface area contributed by atoms with E-state index in [4.69, 9.17) is 11.6 Å². The molecule has 0 radical (unpaired) electrons. The van der Waals surface area contributed by atoms with Gasteiger partial charge in [-0.15, -0.1) is 5.10 Å². The van der Waals surface area contributed by atoms with Gasteiger partial charge in [0.1, 0.15) is 12.2 Å². The van der Waals surface area contributed by atoms with Gasteiger partial charge >= 0.3 is 0 Å². The molecule has 0 atom stereocenters. The van der Waals surface area contributed by atoms with Gasteiger partial charge in [0.15, 0.2) is 0 Å². The number of aromatic carboxylic acids is 1. The van der Waals surface area contributed by atoms with Crippen LogP contribution in [0.2, 0.25) is 5.02 Å². The fourth-order valence-corrected chi connectivity index (χ4v) is 2.17. The van der Waals surface area contributed by atoms with E-state index in [1.807, 2.05) is 24.3 Å². The number of rotatable bonds is 4. The number of carboxylic acids is 1. The standard InChI is InChI=1S/C14H11ClN4O2/c15-10-6-5-9(14(20)21)7-12(10)16-8-19-13-4-2-1-3-11(13)17-18-19/h1-7,16H,8H2,(H,20,21)/p-1. The Morgan fingerprint density at radius 2 is 2.10 bits per heavy atom. The van der Waals surface area contributed by atoms with Gasteiger partial charge in [-0.25, -0.2) is 4.68 Å². The Morgan fingerprint density at radius 3 is 2.90 bits per heavy atom. The van der Waals surface area contributed by atoms with Crippen LogP contribution in [0.1, 0.15) is 10.4 Å². The third kappa shape index (κ3) is 2.66. The number of hydrogen-bond acceptors (Lipinski definition) is 5. The highest BCUT2D eigenvalue weighted by atomic mass is 35.5. The second-order valence-corrected chi connectivity index (χ2v) is 4.80. The highest BCUT2D eigenvalue weighted by Crippen LogP contribution is 2.23. The van der Waals surface area contributed by atoms with Gasteiger partial charge in [0.05, 0.1) is 22.2 Å². The minimum absolute atomic E-state index is 0.0605. The average Bonchev–Trinajstić information content (AvgIpc) is 2.89. The molecule has 0 unspecified atom stereocenters. The van der Waals surface area contributed by atoms with Crippen LogP contribution in [0.15, 0.2) is 42.5 Å². The fourth-order valence-electron chi connectivity index (χ4n) is 1.98. The summed E-state index contributed by atoms with van der Waals surface area (Å²) in [6, 6.07) is 11.9. The number of anilines is 1. The number of carboxylic acid groups (broad SMARTS) is 1. The van der Waals surface area contributed by atoms with Gasteiger partial charge in [0.2, 0.25) is 0 Å². The zero-order valence-corrected chi connectivity index (χ0v) is 11.5. The second kappa shape index (κ2) is 5.41. The molecule has 3 aromatic rings. The molecule has 21 heavy (non-hydrogen) atoms. The lowest BCUT2D eigenvalue weighted by molar-refractivity contribution is -0.255.